The summed E-state index contributed by atoms with van der Waals surface area (Å²) in [4.78, 5) is 27.6. The lowest BCUT2D eigenvalue weighted by atomic mass is 9.98. The van der Waals surface area contributed by atoms with E-state index in [0.29, 0.717) is 24.2 Å². The van der Waals surface area contributed by atoms with Crippen LogP contribution in [-0.2, 0) is 13.1 Å². The highest BCUT2D eigenvalue weighted by Crippen LogP contribution is 2.32. The molecule has 1 aliphatic heterocycles. The van der Waals surface area contributed by atoms with Crippen LogP contribution >= 0.6 is 0 Å². The Hall–Kier alpha value is -3.92. The SMILES string of the molecule is Cc1cc(C)cc(-c2cc3ccc4cc(-c5cc(C)cc(C)c5)c(=O)n5c4c3n(c2=O)CCC5)c1. The number of hydrogen-bond acceptors (Lipinski definition) is 2. The Morgan fingerprint density at radius 1 is 0.543 bits per heavy atom. The summed E-state index contributed by atoms with van der Waals surface area (Å²) < 4.78 is 3.79. The quantitative estimate of drug-likeness (QED) is 0.291. The molecule has 0 aliphatic carbocycles. The molecule has 0 saturated heterocycles. The van der Waals surface area contributed by atoms with E-state index in [1.807, 2.05) is 21.3 Å². The topological polar surface area (TPSA) is 44.0 Å². The highest BCUT2D eigenvalue weighted by Gasteiger charge is 2.21. The van der Waals surface area contributed by atoms with E-state index in [-0.39, 0.29) is 11.1 Å². The zero-order chi connectivity index (χ0) is 24.4. The van der Waals surface area contributed by atoms with Crippen molar-refractivity contribution in [2.45, 2.75) is 47.2 Å². The number of aryl methyl sites for hydroxylation is 6. The molecule has 4 heteroatoms. The maximum atomic E-state index is 13.8. The highest BCUT2D eigenvalue weighted by molar-refractivity contribution is 6.05. The first kappa shape index (κ1) is 21.6. The fourth-order valence-corrected chi connectivity index (χ4v) is 5.83. The number of rotatable bonds is 2. The zero-order valence-corrected chi connectivity index (χ0v) is 20.6. The Bertz CT molecular complexity index is 1630. The van der Waals surface area contributed by atoms with Gasteiger partial charge in [0.25, 0.3) is 11.1 Å². The third-order valence-electron chi connectivity index (χ3n) is 7.13. The molecule has 0 radical (unpaired) electrons. The second kappa shape index (κ2) is 7.81. The van der Waals surface area contributed by atoms with E-state index in [2.05, 4.69) is 76.2 Å². The first-order valence-corrected chi connectivity index (χ1v) is 12.2. The van der Waals surface area contributed by atoms with E-state index in [0.717, 1.165) is 61.6 Å². The summed E-state index contributed by atoms with van der Waals surface area (Å²) in [6.07, 6.45) is 0.727. The van der Waals surface area contributed by atoms with E-state index < -0.39 is 0 Å². The second-order valence-corrected chi connectivity index (χ2v) is 10.1. The zero-order valence-electron chi connectivity index (χ0n) is 20.6. The Morgan fingerprint density at radius 3 is 1.29 bits per heavy atom. The Kier molecular flexibility index (Phi) is 4.82. The molecule has 3 heterocycles. The van der Waals surface area contributed by atoms with Crippen LogP contribution in [0.2, 0.25) is 0 Å². The van der Waals surface area contributed by atoms with Crippen LogP contribution in [0, 0.1) is 27.7 Å². The van der Waals surface area contributed by atoms with Crippen LogP contribution in [-0.4, -0.2) is 9.13 Å². The monoisotopic (exact) mass is 460 g/mol. The summed E-state index contributed by atoms with van der Waals surface area (Å²) in [5.74, 6) is 0. The van der Waals surface area contributed by atoms with Crippen molar-refractivity contribution in [3.05, 3.63) is 104 Å². The maximum absolute atomic E-state index is 13.8. The van der Waals surface area contributed by atoms with Crippen LogP contribution in [0.1, 0.15) is 28.7 Å². The van der Waals surface area contributed by atoms with Crippen LogP contribution in [0.5, 0.6) is 0 Å². The van der Waals surface area contributed by atoms with Gasteiger partial charge in [0, 0.05) is 35.0 Å². The second-order valence-electron chi connectivity index (χ2n) is 10.1. The third-order valence-corrected chi connectivity index (χ3v) is 7.13. The molecule has 0 spiro atoms. The molecule has 0 fully saturated rings. The Labute approximate surface area is 204 Å². The fourth-order valence-electron chi connectivity index (χ4n) is 5.83. The van der Waals surface area contributed by atoms with Gasteiger partial charge >= 0.3 is 0 Å². The lowest BCUT2D eigenvalue weighted by Crippen LogP contribution is -2.22. The first-order valence-electron chi connectivity index (χ1n) is 12.2. The fraction of sp³-hybridized carbons (Fsp3) is 0.226. The summed E-state index contributed by atoms with van der Waals surface area (Å²) in [5.41, 5.74) is 9.63. The van der Waals surface area contributed by atoms with Crippen molar-refractivity contribution in [1.82, 2.24) is 9.13 Å². The van der Waals surface area contributed by atoms with Crippen LogP contribution in [0.25, 0.3) is 44.1 Å². The lowest BCUT2D eigenvalue weighted by molar-refractivity contribution is 0.581. The van der Waals surface area contributed by atoms with Crippen LogP contribution in [0.4, 0.5) is 0 Å². The van der Waals surface area contributed by atoms with Crippen molar-refractivity contribution in [2.24, 2.45) is 0 Å². The molecule has 5 aromatic rings. The van der Waals surface area contributed by atoms with E-state index in [1.54, 1.807) is 0 Å². The lowest BCUT2D eigenvalue weighted by Gasteiger charge is -2.16. The van der Waals surface area contributed by atoms with E-state index >= 15 is 0 Å². The molecule has 0 bridgehead atoms. The average Bonchev–Trinajstić information content (AvgIpc) is 3.00. The van der Waals surface area contributed by atoms with Crippen molar-refractivity contribution in [2.75, 3.05) is 0 Å². The number of benzene rings is 3. The number of aromatic nitrogens is 2. The number of pyridine rings is 2. The molecule has 0 saturated carbocycles. The predicted molar refractivity (Wildman–Crippen MR) is 144 cm³/mol. The Morgan fingerprint density at radius 2 is 0.914 bits per heavy atom. The highest BCUT2D eigenvalue weighted by atomic mass is 16.1. The molecular weight excluding hydrogens is 432 g/mol. The van der Waals surface area contributed by atoms with Crippen molar-refractivity contribution in [3.8, 4) is 22.3 Å². The van der Waals surface area contributed by atoms with Gasteiger partial charge in [-0.15, -0.1) is 0 Å². The minimum Gasteiger partial charge on any atom is -0.306 e. The van der Waals surface area contributed by atoms with Crippen LogP contribution < -0.4 is 11.1 Å². The number of nitrogens with zero attached hydrogens (tertiary/aromatic N) is 2. The third kappa shape index (κ3) is 3.44. The van der Waals surface area contributed by atoms with Gasteiger partial charge in [-0.2, -0.15) is 0 Å². The summed E-state index contributed by atoms with van der Waals surface area (Å²) in [6.45, 7) is 9.42. The van der Waals surface area contributed by atoms with Gasteiger partial charge in [-0.25, -0.2) is 0 Å². The minimum atomic E-state index is 0.00860. The van der Waals surface area contributed by atoms with Gasteiger partial charge in [0.1, 0.15) is 0 Å². The molecule has 174 valence electrons. The first-order chi connectivity index (χ1) is 16.8. The van der Waals surface area contributed by atoms with E-state index in [9.17, 15) is 9.59 Å². The van der Waals surface area contributed by atoms with Gasteiger partial charge in [0.05, 0.1) is 11.0 Å². The van der Waals surface area contributed by atoms with Crippen LogP contribution in [0.15, 0.2) is 70.3 Å². The smallest absolute Gasteiger partial charge is 0.258 e. The van der Waals surface area contributed by atoms with Crippen molar-refractivity contribution in [3.63, 3.8) is 0 Å². The summed E-state index contributed by atoms with van der Waals surface area (Å²) >= 11 is 0. The van der Waals surface area contributed by atoms with E-state index in [4.69, 9.17) is 0 Å². The molecule has 0 atom stereocenters. The standard InChI is InChI=1S/C31H28N2O2/c1-18-10-19(2)13-24(12-18)26-16-22-6-7-23-17-27(25-14-20(3)11-21(4)15-25)31(35)33-9-5-8-32(30(26)34)28(22)29(23)33/h6-7,10-17H,5,8-9H2,1-4H3. The van der Waals surface area contributed by atoms with Crippen LogP contribution in [0.3, 0.4) is 0 Å². The summed E-state index contributed by atoms with van der Waals surface area (Å²) in [7, 11) is 0. The van der Waals surface area contributed by atoms with Gasteiger partial charge in [0.15, 0.2) is 0 Å². The molecule has 2 aromatic heterocycles. The normalized spacial score (nSPS) is 13.0. The molecule has 1 aliphatic rings. The van der Waals surface area contributed by atoms with E-state index in [1.165, 1.54) is 0 Å². The molecule has 3 aromatic carbocycles. The average molecular weight is 461 g/mol. The van der Waals surface area contributed by atoms with Gasteiger partial charge in [-0.1, -0.05) is 70.8 Å². The summed E-state index contributed by atoms with van der Waals surface area (Å²) in [5, 5.41) is 1.97. The molecular formula is C31H28N2O2. The molecule has 35 heavy (non-hydrogen) atoms. The van der Waals surface area contributed by atoms with Gasteiger partial charge in [-0.05, 0) is 57.4 Å². The largest absolute Gasteiger partial charge is 0.306 e. The number of hydrogen-bond donors (Lipinski definition) is 0. The molecule has 0 N–H and O–H groups in total. The van der Waals surface area contributed by atoms with Gasteiger partial charge in [-0.3, -0.25) is 9.59 Å². The Balaban J connectivity index is 1.69. The summed E-state index contributed by atoms with van der Waals surface area (Å²) in [6, 6.07) is 20.7. The van der Waals surface area contributed by atoms with Crippen molar-refractivity contribution < 1.29 is 0 Å². The molecule has 4 nitrogen and oxygen atoms in total. The molecule has 6 rings (SSSR count). The van der Waals surface area contributed by atoms with Crippen molar-refractivity contribution >= 4 is 21.8 Å². The van der Waals surface area contributed by atoms with Crippen molar-refractivity contribution in [1.29, 1.82) is 0 Å². The minimum absolute atomic E-state index is 0.00860. The van der Waals surface area contributed by atoms with Gasteiger partial charge < -0.3 is 9.13 Å². The van der Waals surface area contributed by atoms with Gasteiger partial charge in [0.2, 0.25) is 0 Å². The maximum Gasteiger partial charge on any atom is 0.258 e. The predicted octanol–water partition coefficient (Wildman–Crippen LogP) is 6.29. The molecule has 0 amide bonds. The molecule has 0 unspecified atom stereocenters.